The third-order valence-corrected chi connectivity index (χ3v) is 1.80. The number of nitrogens with zero attached hydrogens (tertiary/aromatic N) is 1. The fourth-order valence-corrected chi connectivity index (χ4v) is 1.06. The molecule has 0 amide bonds. The molecule has 0 spiro atoms. The Bertz CT molecular complexity index is 322. The topological polar surface area (TPSA) is 49.7 Å². The second-order valence-corrected chi connectivity index (χ2v) is 2.64. The van der Waals surface area contributed by atoms with Crippen LogP contribution < -0.4 is 0 Å². The summed E-state index contributed by atoms with van der Waals surface area (Å²) >= 11 is 5.40. The number of ketones is 1. The molecule has 0 aliphatic carbocycles. The van der Waals surface area contributed by atoms with Gasteiger partial charge in [-0.2, -0.15) is 0 Å². The average molecular weight is 198 g/mol. The Morgan fingerprint density at radius 1 is 1.38 bits per heavy atom. The van der Waals surface area contributed by atoms with E-state index in [-0.39, 0.29) is 17.4 Å². The number of benzene rings is 1. The summed E-state index contributed by atoms with van der Waals surface area (Å²) in [4.78, 5) is 11.4. The van der Waals surface area contributed by atoms with E-state index in [0.29, 0.717) is 5.56 Å². The fourth-order valence-electron chi connectivity index (χ4n) is 0.889. The van der Waals surface area contributed by atoms with Gasteiger partial charge in [-0.25, -0.2) is 0 Å². The minimum Gasteiger partial charge on any atom is -0.410 e. The van der Waals surface area contributed by atoms with Gasteiger partial charge in [-0.3, -0.25) is 4.79 Å². The average Bonchev–Trinajstić information content (AvgIpc) is 2.21. The lowest BCUT2D eigenvalue weighted by molar-refractivity contribution is 0.106. The van der Waals surface area contributed by atoms with Crippen LogP contribution in [0.15, 0.2) is 35.5 Å². The number of alkyl halides is 1. The largest absolute Gasteiger partial charge is 0.410 e. The summed E-state index contributed by atoms with van der Waals surface area (Å²) in [6.07, 6.45) is 0. The van der Waals surface area contributed by atoms with E-state index in [0.717, 1.165) is 0 Å². The maximum absolute atomic E-state index is 11.4. The summed E-state index contributed by atoms with van der Waals surface area (Å²) in [5.74, 6) is -0.442. The molecule has 0 heterocycles. The first-order chi connectivity index (χ1) is 6.29. The number of rotatable bonds is 3. The van der Waals surface area contributed by atoms with Crippen LogP contribution in [0.5, 0.6) is 0 Å². The molecule has 13 heavy (non-hydrogen) atoms. The number of Topliss-reactive ketones (excluding diaryl/α,β-unsaturated/α-hetero) is 1. The van der Waals surface area contributed by atoms with E-state index in [2.05, 4.69) is 5.16 Å². The monoisotopic (exact) mass is 197 g/mol. The van der Waals surface area contributed by atoms with Gasteiger partial charge in [0.25, 0.3) is 0 Å². The Labute approximate surface area is 80.6 Å². The van der Waals surface area contributed by atoms with Crippen LogP contribution in [0.4, 0.5) is 0 Å². The van der Waals surface area contributed by atoms with E-state index < -0.39 is 0 Å². The van der Waals surface area contributed by atoms with Crippen molar-refractivity contribution in [1.29, 1.82) is 0 Å². The van der Waals surface area contributed by atoms with Gasteiger partial charge in [0.1, 0.15) is 5.71 Å². The second-order valence-electron chi connectivity index (χ2n) is 2.38. The van der Waals surface area contributed by atoms with Crippen molar-refractivity contribution in [2.75, 3.05) is 5.88 Å². The Hall–Kier alpha value is -1.35. The molecule has 68 valence electrons. The second kappa shape index (κ2) is 4.62. The van der Waals surface area contributed by atoms with E-state index in [4.69, 9.17) is 16.8 Å². The molecule has 1 aromatic rings. The van der Waals surface area contributed by atoms with Gasteiger partial charge >= 0.3 is 0 Å². The van der Waals surface area contributed by atoms with E-state index in [1.165, 1.54) is 0 Å². The predicted molar refractivity (Wildman–Crippen MR) is 50.7 cm³/mol. The summed E-state index contributed by atoms with van der Waals surface area (Å²) in [6, 6.07) is 8.54. The van der Waals surface area contributed by atoms with Gasteiger partial charge in [-0.1, -0.05) is 35.5 Å². The minimum atomic E-state index is -0.349. The van der Waals surface area contributed by atoms with Crippen molar-refractivity contribution in [1.82, 2.24) is 0 Å². The molecule has 0 bridgehead atoms. The molecule has 1 rings (SSSR count). The van der Waals surface area contributed by atoms with Crippen molar-refractivity contribution >= 4 is 23.1 Å². The predicted octanol–water partition coefficient (Wildman–Crippen LogP) is 1.94. The van der Waals surface area contributed by atoms with Gasteiger partial charge in [0.2, 0.25) is 5.78 Å². The molecule has 0 saturated carbocycles. The summed E-state index contributed by atoms with van der Waals surface area (Å²) in [5.41, 5.74) is 0.420. The molecule has 0 atom stereocenters. The Morgan fingerprint density at radius 2 is 2.00 bits per heavy atom. The third kappa shape index (κ3) is 2.29. The molecular formula is C9H8ClNO2. The van der Waals surface area contributed by atoms with Crippen LogP contribution in [-0.4, -0.2) is 22.6 Å². The molecule has 0 aromatic heterocycles. The summed E-state index contributed by atoms with van der Waals surface area (Å²) in [5, 5.41) is 11.3. The fraction of sp³-hybridized carbons (Fsp3) is 0.111. The normalized spacial score (nSPS) is 11.3. The molecule has 0 saturated heterocycles. The van der Waals surface area contributed by atoms with Gasteiger partial charge in [0.15, 0.2) is 0 Å². The van der Waals surface area contributed by atoms with Crippen LogP contribution in [0.1, 0.15) is 10.4 Å². The molecule has 0 aliphatic heterocycles. The first kappa shape index (κ1) is 9.74. The Balaban J connectivity index is 2.92. The van der Waals surface area contributed by atoms with Crippen LogP contribution in [0.2, 0.25) is 0 Å². The van der Waals surface area contributed by atoms with Crippen LogP contribution in [0.3, 0.4) is 0 Å². The highest BCUT2D eigenvalue weighted by Crippen LogP contribution is 2.02. The molecule has 1 aromatic carbocycles. The number of oxime groups is 1. The highest BCUT2D eigenvalue weighted by molar-refractivity contribution is 6.53. The van der Waals surface area contributed by atoms with E-state index in [9.17, 15) is 4.79 Å². The van der Waals surface area contributed by atoms with Gasteiger partial charge in [0.05, 0.1) is 5.88 Å². The van der Waals surface area contributed by atoms with Crippen molar-refractivity contribution in [2.24, 2.45) is 5.16 Å². The summed E-state index contributed by atoms with van der Waals surface area (Å²) in [6.45, 7) is 0. The van der Waals surface area contributed by atoms with E-state index in [1.54, 1.807) is 30.3 Å². The smallest absolute Gasteiger partial charge is 0.211 e. The Kier molecular flexibility index (Phi) is 3.46. The van der Waals surface area contributed by atoms with Gasteiger partial charge in [-0.05, 0) is 0 Å². The molecular weight excluding hydrogens is 190 g/mol. The van der Waals surface area contributed by atoms with Gasteiger partial charge < -0.3 is 5.21 Å². The molecule has 3 nitrogen and oxygen atoms in total. The maximum atomic E-state index is 11.4. The van der Waals surface area contributed by atoms with Crippen molar-refractivity contribution < 1.29 is 10.0 Å². The summed E-state index contributed by atoms with van der Waals surface area (Å²) < 4.78 is 0. The van der Waals surface area contributed by atoms with Gasteiger partial charge in [-0.15, -0.1) is 11.6 Å². The number of halogens is 1. The van der Waals surface area contributed by atoms with E-state index >= 15 is 0 Å². The third-order valence-electron chi connectivity index (χ3n) is 1.55. The zero-order chi connectivity index (χ0) is 9.68. The number of hydrogen-bond donors (Lipinski definition) is 1. The van der Waals surface area contributed by atoms with Crippen LogP contribution in [-0.2, 0) is 0 Å². The van der Waals surface area contributed by atoms with Crippen molar-refractivity contribution in [3.05, 3.63) is 35.9 Å². The first-order valence-corrected chi connectivity index (χ1v) is 4.19. The van der Waals surface area contributed by atoms with Gasteiger partial charge in [0, 0.05) is 5.56 Å². The minimum absolute atomic E-state index is 0.0483. The quantitative estimate of drug-likeness (QED) is 0.265. The molecule has 0 aliphatic rings. The lowest BCUT2D eigenvalue weighted by Gasteiger charge is -1.98. The molecule has 0 unspecified atom stereocenters. The molecule has 0 fully saturated rings. The Morgan fingerprint density at radius 3 is 2.46 bits per heavy atom. The van der Waals surface area contributed by atoms with Crippen LogP contribution in [0, 0.1) is 0 Å². The standard InChI is InChI=1S/C9H8ClNO2/c10-6-8(11-13)9(12)7-4-2-1-3-5-7/h1-5,13H,6H2/b11-8-. The lowest BCUT2D eigenvalue weighted by Crippen LogP contribution is -2.15. The zero-order valence-corrected chi connectivity index (χ0v) is 7.53. The lowest BCUT2D eigenvalue weighted by atomic mass is 10.1. The number of carbonyl (C=O) groups is 1. The zero-order valence-electron chi connectivity index (χ0n) is 6.77. The van der Waals surface area contributed by atoms with Crippen molar-refractivity contribution in [3.63, 3.8) is 0 Å². The van der Waals surface area contributed by atoms with Crippen LogP contribution >= 0.6 is 11.6 Å². The van der Waals surface area contributed by atoms with Crippen molar-refractivity contribution in [3.8, 4) is 0 Å². The maximum Gasteiger partial charge on any atom is 0.211 e. The highest BCUT2D eigenvalue weighted by Gasteiger charge is 2.12. The van der Waals surface area contributed by atoms with E-state index in [1.807, 2.05) is 0 Å². The van der Waals surface area contributed by atoms with Crippen molar-refractivity contribution in [2.45, 2.75) is 0 Å². The van der Waals surface area contributed by atoms with Crippen LogP contribution in [0.25, 0.3) is 0 Å². The summed E-state index contributed by atoms with van der Waals surface area (Å²) in [7, 11) is 0. The highest BCUT2D eigenvalue weighted by atomic mass is 35.5. The molecule has 0 radical (unpaired) electrons. The molecule has 4 heteroatoms. The first-order valence-electron chi connectivity index (χ1n) is 3.66. The number of hydrogen-bond acceptors (Lipinski definition) is 3. The SMILES string of the molecule is O=C(/C(CCl)=N\O)c1ccccc1. The molecule has 1 N–H and O–H groups in total. The number of carbonyl (C=O) groups excluding carboxylic acids is 1.